The van der Waals surface area contributed by atoms with Crippen molar-refractivity contribution in [1.82, 2.24) is 14.5 Å². The van der Waals surface area contributed by atoms with E-state index in [-0.39, 0.29) is 11.3 Å². The standard InChI is InChI=1S/C19H12BrN5O2/c1-2-9-25-17(24-19(26)14-7-8-15(20)27-14)11(10-21)16-18(25)23-13-6-4-3-5-12(13)22-16/h2-8H,1,9H2,(H,24,26). The number of rotatable bonds is 4. The predicted octanol–water partition coefficient (Wildman–Crippen LogP) is 4.25. The van der Waals surface area contributed by atoms with Crippen molar-refractivity contribution in [3.05, 3.63) is 65.0 Å². The maximum atomic E-state index is 12.5. The van der Waals surface area contributed by atoms with E-state index in [2.05, 4.69) is 43.9 Å². The number of para-hydroxylation sites is 2. The van der Waals surface area contributed by atoms with Crippen LogP contribution in [-0.2, 0) is 6.54 Å². The van der Waals surface area contributed by atoms with E-state index in [1.54, 1.807) is 16.7 Å². The molecule has 1 aromatic carbocycles. The number of carbonyl (C=O) groups is 1. The topological polar surface area (TPSA) is 96.7 Å². The lowest BCUT2D eigenvalue weighted by molar-refractivity contribution is 0.0994. The smallest absolute Gasteiger partial charge is 0.292 e. The average molecular weight is 422 g/mol. The summed E-state index contributed by atoms with van der Waals surface area (Å²) < 4.78 is 7.43. The van der Waals surface area contributed by atoms with Gasteiger partial charge in [0.2, 0.25) is 0 Å². The van der Waals surface area contributed by atoms with Crippen molar-refractivity contribution >= 4 is 49.9 Å². The fourth-order valence-electron chi connectivity index (χ4n) is 2.85. The minimum Gasteiger partial charge on any atom is -0.444 e. The fraction of sp³-hybridized carbons (Fsp3) is 0.0526. The lowest BCUT2D eigenvalue weighted by atomic mass is 10.2. The summed E-state index contributed by atoms with van der Waals surface area (Å²) in [5.74, 6) is -0.0534. The molecule has 0 saturated heterocycles. The van der Waals surface area contributed by atoms with E-state index in [1.165, 1.54) is 6.07 Å². The zero-order valence-corrected chi connectivity index (χ0v) is 15.5. The predicted molar refractivity (Wildman–Crippen MR) is 104 cm³/mol. The van der Waals surface area contributed by atoms with Crippen molar-refractivity contribution in [3.63, 3.8) is 0 Å². The van der Waals surface area contributed by atoms with Gasteiger partial charge in [0.05, 0.1) is 11.0 Å². The third-order valence-electron chi connectivity index (χ3n) is 4.00. The van der Waals surface area contributed by atoms with Gasteiger partial charge in [0.15, 0.2) is 16.1 Å². The summed E-state index contributed by atoms with van der Waals surface area (Å²) >= 11 is 3.17. The van der Waals surface area contributed by atoms with Crippen LogP contribution in [0.25, 0.3) is 22.2 Å². The molecule has 0 radical (unpaired) electrons. The third kappa shape index (κ3) is 2.88. The number of nitrogens with one attached hydrogen (secondary N) is 1. The molecule has 132 valence electrons. The number of hydrogen-bond acceptors (Lipinski definition) is 5. The number of fused-ring (bicyclic) bond motifs is 2. The van der Waals surface area contributed by atoms with Gasteiger partial charge in [-0.15, -0.1) is 6.58 Å². The Bertz CT molecular complexity index is 1250. The second kappa shape index (κ2) is 6.70. The number of allylic oxidation sites excluding steroid dienone is 1. The SMILES string of the molecule is C=CCn1c(NC(=O)c2ccc(Br)o2)c(C#N)c2nc3ccccc3nc21. The van der Waals surface area contributed by atoms with Crippen LogP contribution >= 0.6 is 15.9 Å². The number of furan rings is 1. The van der Waals surface area contributed by atoms with E-state index >= 15 is 0 Å². The lowest BCUT2D eigenvalue weighted by Crippen LogP contribution is -2.15. The lowest BCUT2D eigenvalue weighted by Gasteiger charge is -2.08. The molecule has 0 spiro atoms. The molecule has 1 N–H and O–H groups in total. The number of amides is 1. The number of hydrogen-bond donors (Lipinski definition) is 1. The second-order valence-corrected chi connectivity index (χ2v) is 6.46. The molecule has 0 aliphatic rings. The normalized spacial score (nSPS) is 10.8. The van der Waals surface area contributed by atoms with Crippen LogP contribution in [0.1, 0.15) is 16.1 Å². The molecule has 4 aromatic rings. The molecular formula is C19H12BrN5O2. The Balaban J connectivity index is 1.93. The first-order valence-electron chi connectivity index (χ1n) is 7.99. The first-order valence-corrected chi connectivity index (χ1v) is 8.78. The highest BCUT2D eigenvalue weighted by Gasteiger charge is 2.23. The van der Waals surface area contributed by atoms with Crippen LogP contribution in [0.3, 0.4) is 0 Å². The molecule has 27 heavy (non-hydrogen) atoms. The van der Waals surface area contributed by atoms with Crippen molar-refractivity contribution in [2.24, 2.45) is 0 Å². The number of aromatic nitrogens is 3. The van der Waals surface area contributed by atoms with Crippen LogP contribution in [0.5, 0.6) is 0 Å². The molecule has 3 heterocycles. The van der Waals surface area contributed by atoms with Gasteiger partial charge in [-0.1, -0.05) is 18.2 Å². The van der Waals surface area contributed by atoms with Gasteiger partial charge in [0.1, 0.15) is 23.0 Å². The van der Waals surface area contributed by atoms with E-state index in [0.29, 0.717) is 39.2 Å². The Morgan fingerprint density at radius 1 is 1.30 bits per heavy atom. The minimum atomic E-state index is -0.477. The highest BCUT2D eigenvalue weighted by atomic mass is 79.9. The van der Waals surface area contributed by atoms with E-state index in [9.17, 15) is 10.1 Å². The van der Waals surface area contributed by atoms with Gasteiger partial charge < -0.3 is 14.3 Å². The molecule has 0 atom stereocenters. The summed E-state index contributed by atoms with van der Waals surface area (Å²) in [5.41, 5.74) is 2.54. The molecule has 0 bridgehead atoms. The zero-order chi connectivity index (χ0) is 19.0. The summed E-state index contributed by atoms with van der Waals surface area (Å²) in [5, 5.41) is 12.5. The van der Waals surface area contributed by atoms with Gasteiger partial charge in [-0.2, -0.15) is 5.26 Å². The quantitative estimate of drug-likeness (QED) is 0.496. The Morgan fingerprint density at radius 2 is 2.04 bits per heavy atom. The summed E-state index contributed by atoms with van der Waals surface area (Å²) in [6.45, 7) is 4.10. The molecule has 0 aliphatic heterocycles. The molecule has 4 rings (SSSR count). The van der Waals surface area contributed by atoms with Gasteiger partial charge in [-0.25, -0.2) is 9.97 Å². The molecule has 7 nitrogen and oxygen atoms in total. The van der Waals surface area contributed by atoms with E-state index in [4.69, 9.17) is 4.42 Å². The van der Waals surface area contributed by atoms with Gasteiger partial charge >= 0.3 is 0 Å². The highest BCUT2D eigenvalue weighted by molar-refractivity contribution is 9.10. The molecular weight excluding hydrogens is 410 g/mol. The number of carbonyl (C=O) groups excluding carboxylic acids is 1. The molecule has 8 heteroatoms. The Morgan fingerprint density at radius 3 is 2.67 bits per heavy atom. The van der Waals surface area contributed by atoms with Gasteiger partial charge in [-0.3, -0.25) is 4.79 Å². The van der Waals surface area contributed by atoms with Crippen molar-refractivity contribution in [3.8, 4) is 6.07 Å². The van der Waals surface area contributed by atoms with E-state index in [1.807, 2.05) is 24.3 Å². The van der Waals surface area contributed by atoms with Crippen LogP contribution in [0.15, 0.2) is 58.1 Å². The number of benzene rings is 1. The number of anilines is 1. The average Bonchev–Trinajstić information content (AvgIpc) is 3.22. The summed E-state index contributed by atoms with van der Waals surface area (Å²) in [6.07, 6.45) is 1.66. The minimum absolute atomic E-state index is 0.118. The molecule has 1 amide bonds. The molecule has 0 fully saturated rings. The van der Waals surface area contributed by atoms with Crippen molar-refractivity contribution in [2.45, 2.75) is 6.54 Å². The highest BCUT2D eigenvalue weighted by Crippen LogP contribution is 2.30. The fourth-order valence-corrected chi connectivity index (χ4v) is 3.15. The first kappa shape index (κ1) is 17.0. The van der Waals surface area contributed by atoms with Crippen LogP contribution in [0, 0.1) is 11.3 Å². The van der Waals surface area contributed by atoms with Crippen LogP contribution in [0.2, 0.25) is 0 Å². The second-order valence-electron chi connectivity index (χ2n) is 5.68. The first-order chi connectivity index (χ1) is 13.1. The van der Waals surface area contributed by atoms with Crippen LogP contribution in [-0.4, -0.2) is 20.4 Å². The Hall–Kier alpha value is -3.44. The van der Waals surface area contributed by atoms with Crippen molar-refractivity contribution in [1.29, 1.82) is 5.26 Å². The van der Waals surface area contributed by atoms with Gasteiger partial charge in [0.25, 0.3) is 5.91 Å². The Kier molecular flexibility index (Phi) is 4.22. The van der Waals surface area contributed by atoms with E-state index in [0.717, 1.165) is 0 Å². The Labute approximate surface area is 162 Å². The maximum Gasteiger partial charge on any atom is 0.292 e. The number of halogens is 1. The van der Waals surface area contributed by atoms with Gasteiger partial charge in [-0.05, 0) is 40.2 Å². The zero-order valence-electron chi connectivity index (χ0n) is 13.9. The van der Waals surface area contributed by atoms with E-state index < -0.39 is 5.91 Å². The van der Waals surface area contributed by atoms with Crippen LogP contribution < -0.4 is 5.32 Å². The summed E-state index contributed by atoms with van der Waals surface area (Å²) in [7, 11) is 0. The monoisotopic (exact) mass is 421 g/mol. The van der Waals surface area contributed by atoms with Crippen molar-refractivity contribution in [2.75, 3.05) is 5.32 Å². The number of nitrogens with zero attached hydrogens (tertiary/aromatic N) is 4. The van der Waals surface area contributed by atoms with Crippen molar-refractivity contribution < 1.29 is 9.21 Å². The maximum absolute atomic E-state index is 12.5. The molecule has 0 saturated carbocycles. The summed E-state index contributed by atoms with van der Waals surface area (Å²) in [4.78, 5) is 21.8. The summed E-state index contributed by atoms with van der Waals surface area (Å²) in [6, 6.07) is 12.7. The molecule has 0 unspecified atom stereocenters. The largest absolute Gasteiger partial charge is 0.444 e. The third-order valence-corrected chi connectivity index (χ3v) is 4.43. The number of nitriles is 1. The molecule has 3 aromatic heterocycles. The van der Waals surface area contributed by atoms with Gasteiger partial charge in [0, 0.05) is 6.54 Å². The van der Waals surface area contributed by atoms with Crippen LogP contribution in [0.4, 0.5) is 5.82 Å². The molecule has 0 aliphatic carbocycles.